The van der Waals surface area contributed by atoms with Crippen LogP contribution in [0.1, 0.15) is 40.5 Å². The summed E-state index contributed by atoms with van der Waals surface area (Å²) in [6.07, 6.45) is -0.0508. The van der Waals surface area contributed by atoms with Crippen LogP contribution in [0, 0.1) is 5.92 Å². The van der Waals surface area contributed by atoms with Gasteiger partial charge in [0.05, 0.1) is 5.92 Å². The van der Waals surface area contributed by atoms with Crippen molar-refractivity contribution in [3.63, 3.8) is 0 Å². The average molecular weight is 409 g/mol. The van der Waals surface area contributed by atoms with Crippen LogP contribution in [0.25, 0.3) is 0 Å². The molecule has 2 amide bonds. The van der Waals surface area contributed by atoms with Gasteiger partial charge in [0.2, 0.25) is 11.8 Å². The standard InChI is InChI=1S/C16H28N2O6S2/c1-10(2)16(23)24-7-8-25-26-9-12(15(21)22)18-14(20)6-5-13(19)17-11(3)4/h10-12H,5-9H2,1-4H3,(H,17,19)(H,18,20)(H,21,22). The molecule has 1 atom stereocenters. The lowest BCUT2D eigenvalue weighted by Gasteiger charge is -2.14. The molecule has 150 valence electrons. The van der Waals surface area contributed by atoms with E-state index in [0.29, 0.717) is 5.75 Å². The summed E-state index contributed by atoms with van der Waals surface area (Å²) in [6.45, 7) is 7.38. The van der Waals surface area contributed by atoms with Gasteiger partial charge in [-0.2, -0.15) is 0 Å². The Hall–Kier alpha value is -1.42. The van der Waals surface area contributed by atoms with Gasteiger partial charge >= 0.3 is 11.9 Å². The first-order valence-corrected chi connectivity index (χ1v) is 10.8. The van der Waals surface area contributed by atoms with Crippen molar-refractivity contribution in [3.8, 4) is 0 Å². The lowest BCUT2D eigenvalue weighted by Crippen LogP contribution is -2.43. The van der Waals surface area contributed by atoms with E-state index in [1.54, 1.807) is 13.8 Å². The molecule has 0 saturated heterocycles. The topological polar surface area (TPSA) is 122 Å². The number of rotatable bonds is 13. The van der Waals surface area contributed by atoms with Crippen LogP contribution in [0.2, 0.25) is 0 Å². The number of ether oxygens (including phenoxy) is 1. The summed E-state index contributed by atoms with van der Waals surface area (Å²) in [5, 5.41) is 14.2. The molecule has 0 saturated carbocycles. The molecule has 0 bridgehead atoms. The lowest BCUT2D eigenvalue weighted by molar-refractivity contribution is -0.146. The zero-order chi connectivity index (χ0) is 20.1. The van der Waals surface area contributed by atoms with Gasteiger partial charge in [-0.1, -0.05) is 35.4 Å². The molecule has 0 aromatic carbocycles. The van der Waals surface area contributed by atoms with Gasteiger partial charge in [-0.05, 0) is 13.8 Å². The number of hydrogen-bond donors (Lipinski definition) is 3. The SMILES string of the molecule is CC(C)NC(=O)CCC(=O)NC(CSSCCOC(=O)C(C)C)C(=O)O. The van der Waals surface area contributed by atoms with Gasteiger partial charge in [-0.3, -0.25) is 14.4 Å². The van der Waals surface area contributed by atoms with Crippen molar-refractivity contribution in [3.05, 3.63) is 0 Å². The predicted molar refractivity (Wildman–Crippen MR) is 103 cm³/mol. The third-order valence-corrected chi connectivity index (χ3v) is 5.24. The van der Waals surface area contributed by atoms with Crippen LogP contribution in [0.3, 0.4) is 0 Å². The monoisotopic (exact) mass is 408 g/mol. The summed E-state index contributed by atoms with van der Waals surface area (Å²) < 4.78 is 5.01. The third-order valence-electron chi connectivity index (χ3n) is 2.86. The highest BCUT2D eigenvalue weighted by Crippen LogP contribution is 2.22. The summed E-state index contributed by atoms with van der Waals surface area (Å²) in [7, 11) is 2.64. The Morgan fingerprint density at radius 3 is 2.04 bits per heavy atom. The van der Waals surface area contributed by atoms with Crippen LogP contribution in [0.5, 0.6) is 0 Å². The number of carbonyl (C=O) groups is 4. The molecular formula is C16H28N2O6S2. The number of aliphatic carboxylic acids is 1. The van der Waals surface area contributed by atoms with Crippen LogP contribution in [-0.2, 0) is 23.9 Å². The summed E-state index contributed by atoms with van der Waals surface area (Å²) in [4.78, 5) is 45.8. The fourth-order valence-electron chi connectivity index (χ4n) is 1.58. The Kier molecular flexibility index (Phi) is 13.0. The van der Waals surface area contributed by atoms with E-state index >= 15 is 0 Å². The molecule has 0 aliphatic carbocycles. The summed E-state index contributed by atoms with van der Waals surface area (Å²) in [5.74, 6) is -1.62. The van der Waals surface area contributed by atoms with Crippen molar-refractivity contribution < 1.29 is 29.0 Å². The van der Waals surface area contributed by atoms with Crippen LogP contribution in [-0.4, -0.2) is 59.1 Å². The number of carboxylic acids is 1. The van der Waals surface area contributed by atoms with E-state index in [-0.39, 0.29) is 49.0 Å². The van der Waals surface area contributed by atoms with Gasteiger partial charge in [-0.15, -0.1) is 0 Å². The highest BCUT2D eigenvalue weighted by atomic mass is 33.1. The molecule has 0 aliphatic rings. The minimum absolute atomic E-state index is 0.00874. The van der Waals surface area contributed by atoms with Crippen LogP contribution in [0.15, 0.2) is 0 Å². The number of carboxylic acid groups (broad SMARTS) is 1. The van der Waals surface area contributed by atoms with Gasteiger partial charge in [0.1, 0.15) is 12.6 Å². The fourth-order valence-corrected chi connectivity index (χ4v) is 3.56. The molecule has 0 rings (SSSR count). The van der Waals surface area contributed by atoms with E-state index < -0.39 is 17.9 Å². The number of hydrogen-bond acceptors (Lipinski definition) is 7. The number of esters is 1. The maximum absolute atomic E-state index is 11.8. The molecule has 0 spiro atoms. The van der Waals surface area contributed by atoms with Crippen molar-refractivity contribution in [2.24, 2.45) is 5.92 Å². The highest BCUT2D eigenvalue weighted by Gasteiger charge is 2.20. The zero-order valence-electron chi connectivity index (χ0n) is 15.6. The first-order chi connectivity index (χ1) is 12.1. The molecule has 0 aromatic rings. The minimum Gasteiger partial charge on any atom is -0.480 e. The summed E-state index contributed by atoms with van der Waals surface area (Å²) in [6, 6.07) is -1.04. The molecule has 26 heavy (non-hydrogen) atoms. The van der Waals surface area contributed by atoms with E-state index in [9.17, 15) is 19.2 Å². The summed E-state index contributed by atoms with van der Waals surface area (Å²) >= 11 is 0. The predicted octanol–water partition coefficient (Wildman–Crippen LogP) is 1.44. The van der Waals surface area contributed by atoms with Crippen molar-refractivity contribution in [1.29, 1.82) is 0 Å². The van der Waals surface area contributed by atoms with Gasteiger partial charge in [-0.25, -0.2) is 4.79 Å². The lowest BCUT2D eigenvalue weighted by atomic mass is 10.2. The van der Waals surface area contributed by atoms with E-state index in [1.807, 2.05) is 13.8 Å². The second-order valence-corrected chi connectivity index (χ2v) is 8.74. The molecule has 1 unspecified atom stereocenters. The Bertz CT molecular complexity index is 485. The molecule has 0 radical (unpaired) electrons. The quantitative estimate of drug-likeness (QED) is 0.238. The van der Waals surface area contributed by atoms with Crippen LogP contribution >= 0.6 is 21.6 Å². The molecule has 3 N–H and O–H groups in total. The highest BCUT2D eigenvalue weighted by molar-refractivity contribution is 8.76. The normalized spacial score (nSPS) is 11.9. The number of nitrogens with one attached hydrogen (secondary N) is 2. The van der Waals surface area contributed by atoms with Crippen LogP contribution in [0.4, 0.5) is 0 Å². The first kappa shape index (κ1) is 24.6. The maximum Gasteiger partial charge on any atom is 0.327 e. The molecule has 8 nitrogen and oxygen atoms in total. The summed E-state index contributed by atoms with van der Waals surface area (Å²) in [5.41, 5.74) is 0. The molecule has 10 heteroatoms. The van der Waals surface area contributed by atoms with Gasteiger partial charge in [0.25, 0.3) is 0 Å². The number of carbonyl (C=O) groups excluding carboxylic acids is 3. The Morgan fingerprint density at radius 1 is 0.962 bits per heavy atom. The van der Waals surface area contributed by atoms with Crippen molar-refractivity contribution in [2.45, 2.75) is 52.6 Å². The molecule has 0 fully saturated rings. The molecular weight excluding hydrogens is 380 g/mol. The molecule has 0 heterocycles. The van der Waals surface area contributed by atoms with E-state index in [2.05, 4.69) is 10.6 Å². The third kappa shape index (κ3) is 12.9. The Balaban J connectivity index is 4.02. The van der Waals surface area contributed by atoms with Crippen molar-refractivity contribution >= 4 is 45.3 Å². The van der Waals surface area contributed by atoms with Gasteiger partial charge < -0.3 is 20.5 Å². The van der Waals surface area contributed by atoms with Crippen LogP contribution < -0.4 is 10.6 Å². The largest absolute Gasteiger partial charge is 0.480 e. The fraction of sp³-hybridized carbons (Fsp3) is 0.750. The first-order valence-electron chi connectivity index (χ1n) is 8.36. The second-order valence-electron chi connectivity index (χ2n) is 6.11. The molecule has 0 aromatic heterocycles. The minimum atomic E-state index is -1.13. The second kappa shape index (κ2) is 13.7. The average Bonchev–Trinajstić information content (AvgIpc) is 2.53. The zero-order valence-corrected chi connectivity index (χ0v) is 17.2. The van der Waals surface area contributed by atoms with E-state index in [4.69, 9.17) is 9.84 Å². The van der Waals surface area contributed by atoms with Crippen molar-refractivity contribution in [1.82, 2.24) is 10.6 Å². The van der Waals surface area contributed by atoms with E-state index in [0.717, 1.165) is 0 Å². The Labute approximate surface area is 162 Å². The van der Waals surface area contributed by atoms with Gasteiger partial charge in [0, 0.05) is 30.4 Å². The molecule has 0 aliphatic heterocycles. The van der Waals surface area contributed by atoms with E-state index in [1.165, 1.54) is 21.6 Å². The van der Waals surface area contributed by atoms with Gasteiger partial charge in [0.15, 0.2) is 0 Å². The maximum atomic E-state index is 11.8. The smallest absolute Gasteiger partial charge is 0.327 e. The van der Waals surface area contributed by atoms with Crippen molar-refractivity contribution in [2.75, 3.05) is 18.1 Å². The number of amides is 2. The Morgan fingerprint density at radius 2 is 1.54 bits per heavy atom.